The number of nitrogens with zero attached hydrogens (tertiary/aromatic N) is 1. The highest BCUT2D eigenvalue weighted by atomic mass is 32.1. The van der Waals surface area contributed by atoms with E-state index >= 15 is 0 Å². The van der Waals surface area contributed by atoms with Crippen molar-refractivity contribution in [1.82, 2.24) is 10.2 Å². The number of carbonyl (C=O) groups is 1. The van der Waals surface area contributed by atoms with Crippen molar-refractivity contribution in [1.29, 1.82) is 0 Å². The predicted molar refractivity (Wildman–Crippen MR) is 36.1 cm³/mol. The van der Waals surface area contributed by atoms with Crippen LogP contribution in [0.15, 0.2) is 4.42 Å². The van der Waals surface area contributed by atoms with Gasteiger partial charge in [-0.15, -0.1) is 5.10 Å². The largest absolute Gasteiger partial charge is 0.414 e. The minimum absolute atomic E-state index is 0.00486. The lowest BCUT2D eigenvalue weighted by Gasteiger charge is -1.83. The fourth-order valence-electron chi connectivity index (χ4n) is 0.549. The molecular weight excluding hydrogens is 152 g/mol. The third-order valence-corrected chi connectivity index (χ3v) is 1.06. The first kappa shape index (κ1) is 7.14. The molecule has 0 atom stereocenters. The molecule has 0 aliphatic heterocycles. The summed E-state index contributed by atoms with van der Waals surface area (Å²) in [6, 6.07) is 0. The van der Waals surface area contributed by atoms with Gasteiger partial charge in [0.1, 0.15) is 5.78 Å². The Kier molecular flexibility index (Phi) is 1.96. The summed E-state index contributed by atoms with van der Waals surface area (Å²) in [7, 11) is 0. The zero-order valence-electron chi connectivity index (χ0n) is 5.38. The van der Waals surface area contributed by atoms with E-state index in [1.807, 2.05) is 0 Å². The van der Waals surface area contributed by atoms with Crippen molar-refractivity contribution in [2.45, 2.75) is 13.3 Å². The molecule has 0 amide bonds. The van der Waals surface area contributed by atoms with E-state index in [-0.39, 0.29) is 17.0 Å². The molecule has 1 aromatic heterocycles. The summed E-state index contributed by atoms with van der Waals surface area (Å²) in [4.78, 5) is 10.7. The van der Waals surface area contributed by atoms with Gasteiger partial charge in [-0.25, -0.2) is 5.10 Å². The van der Waals surface area contributed by atoms with Crippen molar-refractivity contribution in [3.63, 3.8) is 0 Å². The number of nitrogens with one attached hydrogen (secondary N) is 1. The first-order valence-electron chi connectivity index (χ1n) is 2.72. The predicted octanol–water partition coefficient (Wildman–Crippen LogP) is 0.864. The second-order valence-electron chi connectivity index (χ2n) is 1.89. The van der Waals surface area contributed by atoms with E-state index in [1.165, 1.54) is 6.92 Å². The molecule has 0 saturated heterocycles. The Bertz CT molecular complexity index is 288. The number of aromatic nitrogens is 2. The number of rotatable bonds is 2. The maximum Gasteiger partial charge on any atom is 0.284 e. The van der Waals surface area contributed by atoms with Crippen LogP contribution in [-0.2, 0) is 11.2 Å². The molecule has 1 heterocycles. The number of carbonyl (C=O) groups excluding carboxylic acids is 1. The maximum absolute atomic E-state index is 10.5. The van der Waals surface area contributed by atoms with Gasteiger partial charge in [-0.05, 0) is 19.1 Å². The number of H-pyrrole nitrogens is 1. The van der Waals surface area contributed by atoms with Crippen LogP contribution in [0.4, 0.5) is 0 Å². The first-order valence-corrected chi connectivity index (χ1v) is 3.13. The van der Waals surface area contributed by atoms with Gasteiger partial charge in [-0.1, -0.05) is 0 Å². The Labute approximate surface area is 62.2 Å². The summed E-state index contributed by atoms with van der Waals surface area (Å²) in [6.45, 7) is 1.47. The van der Waals surface area contributed by atoms with E-state index in [9.17, 15) is 4.79 Å². The minimum atomic E-state index is 0.00486. The topological polar surface area (TPSA) is 58.9 Å². The Hall–Kier alpha value is -0.970. The molecule has 5 heteroatoms. The van der Waals surface area contributed by atoms with Crippen LogP contribution in [0.3, 0.4) is 0 Å². The van der Waals surface area contributed by atoms with Gasteiger partial charge < -0.3 is 4.42 Å². The Morgan fingerprint density at radius 1 is 1.90 bits per heavy atom. The summed E-state index contributed by atoms with van der Waals surface area (Å²) >= 11 is 4.59. The molecule has 1 aromatic rings. The number of hydrogen-bond acceptors (Lipinski definition) is 4. The quantitative estimate of drug-likeness (QED) is 0.648. The summed E-state index contributed by atoms with van der Waals surface area (Å²) in [5, 5.41) is 6.06. The SMILES string of the molecule is CC(=O)Cc1n[nH]c(=S)o1. The van der Waals surface area contributed by atoms with Crippen molar-refractivity contribution < 1.29 is 9.21 Å². The van der Waals surface area contributed by atoms with Gasteiger partial charge in [-0.2, -0.15) is 0 Å². The summed E-state index contributed by atoms with van der Waals surface area (Å²) in [5.41, 5.74) is 0. The fraction of sp³-hybridized carbons (Fsp3) is 0.400. The number of Topliss-reactive ketones (excluding diaryl/α,β-unsaturated/α-hetero) is 1. The molecule has 0 radical (unpaired) electrons. The summed E-state index contributed by atoms with van der Waals surface area (Å²) in [5.74, 6) is 0.350. The monoisotopic (exact) mass is 158 g/mol. The average Bonchev–Trinajstić information content (AvgIpc) is 2.13. The second-order valence-corrected chi connectivity index (χ2v) is 2.26. The minimum Gasteiger partial charge on any atom is -0.414 e. The van der Waals surface area contributed by atoms with Crippen LogP contribution in [-0.4, -0.2) is 16.0 Å². The van der Waals surface area contributed by atoms with Gasteiger partial charge >= 0.3 is 0 Å². The lowest BCUT2D eigenvalue weighted by Crippen LogP contribution is -1.95. The number of ketones is 1. The molecule has 1 rings (SSSR count). The molecule has 0 aliphatic carbocycles. The van der Waals surface area contributed by atoms with E-state index in [1.54, 1.807) is 0 Å². The highest BCUT2D eigenvalue weighted by Gasteiger charge is 2.01. The molecule has 0 aromatic carbocycles. The second kappa shape index (κ2) is 2.74. The molecule has 0 saturated carbocycles. The molecule has 1 N–H and O–H groups in total. The van der Waals surface area contributed by atoms with Gasteiger partial charge in [-0.3, -0.25) is 4.79 Å². The van der Waals surface area contributed by atoms with Crippen LogP contribution >= 0.6 is 12.2 Å². The van der Waals surface area contributed by atoms with Crippen LogP contribution in [0.2, 0.25) is 0 Å². The van der Waals surface area contributed by atoms with Gasteiger partial charge in [0, 0.05) is 0 Å². The van der Waals surface area contributed by atoms with Crippen molar-refractivity contribution >= 4 is 18.0 Å². The molecular formula is C5H6N2O2S. The van der Waals surface area contributed by atoms with Crippen molar-refractivity contribution in [2.75, 3.05) is 0 Å². The Balaban J connectivity index is 2.76. The van der Waals surface area contributed by atoms with E-state index in [0.29, 0.717) is 5.89 Å². The molecule has 0 spiro atoms. The van der Waals surface area contributed by atoms with Crippen molar-refractivity contribution in [3.8, 4) is 0 Å². The maximum atomic E-state index is 10.5. The summed E-state index contributed by atoms with van der Waals surface area (Å²) in [6.07, 6.45) is 0.202. The molecule has 4 nitrogen and oxygen atoms in total. The summed E-state index contributed by atoms with van der Waals surface area (Å²) < 4.78 is 4.82. The molecule has 0 aliphatic rings. The third kappa shape index (κ3) is 1.77. The Morgan fingerprint density at radius 2 is 2.60 bits per heavy atom. The standard InChI is InChI=1S/C5H6N2O2S/c1-3(8)2-4-6-7-5(10)9-4/h2H2,1H3,(H,7,10). The molecule has 0 bridgehead atoms. The number of hydrogen-bond donors (Lipinski definition) is 1. The molecule has 0 unspecified atom stereocenters. The molecule has 54 valence electrons. The van der Waals surface area contributed by atoms with Gasteiger partial charge in [0.05, 0.1) is 6.42 Å². The normalized spacial score (nSPS) is 9.70. The van der Waals surface area contributed by atoms with E-state index < -0.39 is 0 Å². The third-order valence-electron chi connectivity index (χ3n) is 0.883. The lowest BCUT2D eigenvalue weighted by molar-refractivity contribution is -0.116. The van der Waals surface area contributed by atoms with Crippen LogP contribution in [0.1, 0.15) is 12.8 Å². The van der Waals surface area contributed by atoms with E-state index in [0.717, 1.165) is 0 Å². The van der Waals surface area contributed by atoms with Crippen molar-refractivity contribution in [3.05, 3.63) is 10.7 Å². The van der Waals surface area contributed by atoms with Gasteiger partial charge in [0.25, 0.3) is 4.84 Å². The zero-order chi connectivity index (χ0) is 7.56. The molecule has 10 heavy (non-hydrogen) atoms. The average molecular weight is 158 g/mol. The zero-order valence-corrected chi connectivity index (χ0v) is 6.20. The van der Waals surface area contributed by atoms with Crippen LogP contribution in [0, 0.1) is 4.84 Å². The van der Waals surface area contributed by atoms with Crippen LogP contribution < -0.4 is 0 Å². The highest BCUT2D eigenvalue weighted by molar-refractivity contribution is 7.71. The van der Waals surface area contributed by atoms with Crippen LogP contribution in [0.5, 0.6) is 0 Å². The highest BCUT2D eigenvalue weighted by Crippen LogP contribution is 1.95. The van der Waals surface area contributed by atoms with Crippen LogP contribution in [0.25, 0.3) is 0 Å². The smallest absolute Gasteiger partial charge is 0.284 e. The van der Waals surface area contributed by atoms with Crippen molar-refractivity contribution in [2.24, 2.45) is 0 Å². The van der Waals surface area contributed by atoms with Gasteiger partial charge in [0.2, 0.25) is 5.89 Å². The van der Waals surface area contributed by atoms with E-state index in [4.69, 9.17) is 4.42 Å². The fourth-order valence-corrected chi connectivity index (χ4v) is 0.691. The first-order chi connectivity index (χ1) is 4.68. The number of aromatic amines is 1. The Morgan fingerprint density at radius 3 is 3.00 bits per heavy atom. The lowest BCUT2D eigenvalue weighted by atomic mass is 10.3. The molecule has 0 fully saturated rings. The van der Waals surface area contributed by atoms with E-state index in [2.05, 4.69) is 22.4 Å². The van der Waals surface area contributed by atoms with Gasteiger partial charge in [0.15, 0.2) is 0 Å².